The van der Waals surface area contributed by atoms with E-state index in [2.05, 4.69) is 19.1 Å². The smallest absolute Gasteiger partial charge is 0.0946 e. The molecule has 0 aromatic heterocycles. The first-order chi connectivity index (χ1) is 7.68. The largest absolute Gasteiger partial charge is 0.385 e. The molecule has 2 nitrogen and oxygen atoms in total. The van der Waals surface area contributed by atoms with Crippen molar-refractivity contribution in [1.29, 1.82) is 0 Å². The number of methoxy groups -OCH3 is 1. The van der Waals surface area contributed by atoms with Crippen LogP contribution in [0.2, 0.25) is 0 Å². The van der Waals surface area contributed by atoms with E-state index in [0.29, 0.717) is 0 Å². The summed E-state index contributed by atoms with van der Waals surface area (Å²) in [6.45, 7) is 2.17. The number of rotatable bonds is 4. The molecule has 1 aromatic rings. The lowest BCUT2D eigenvalue weighted by molar-refractivity contribution is -0.133. The van der Waals surface area contributed by atoms with E-state index < -0.39 is 5.60 Å². The number of hydrogen-bond donors (Lipinski definition) is 1. The molecular weight excluding hydrogens is 200 g/mol. The van der Waals surface area contributed by atoms with Gasteiger partial charge in [-0.25, -0.2) is 0 Å². The summed E-state index contributed by atoms with van der Waals surface area (Å²) in [6.07, 6.45) is 3.89. The number of aryl methyl sites for hydroxylation is 1. The van der Waals surface area contributed by atoms with Crippen molar-refractivity contribution in [3.8, 4) is 0 Å². The van der Waals surface area contributed by atoms with Crippen LogP contribution in [0.1, 0.15) is 37.3 Å². The Morgan fingerprint density at radius 2 is 2.19 bits per heavy atom. The molecule has 0 saturated heterocycles. The van der Waals surface area contributed by atoms with Gasteiger partial charge < -0.3 is 9.84 Å². The molecule has 88 valence electrons. The highest BCUT2D eigenvalue weighted by Crippen LogP contribution is 2.42. The van der Waals surface area contributed by atoms with E-state index in [1.807, 2.05) is 12.1 Å². The van der Waals surface area contributed by atoms with Crippen molar-refractivity contribution in [3.05, 3.63) is 35.4 Å². The van der Waals surface area contributed by atoms with Crippen molar-refractivity contribution in [1.82, 2.24) is 0 Å². The molecule has 1 aliphatic carbocycles. The van der Waals surface area contributed by atoms with Gasteiger partial charge in [-0.15, -0.1) is 0 Å². The highest BCUT2D eigenvalue weighted by atomic mass is 16.5. The molecule has 0 amide bonds. The first kappa shape index (κ1) is 11.6. The van der Waals surface area contributed by atoms with E-state index in [1.54, 1.807) is 7.11 Å². The standard InChI is InChI=1S/C14H20O2/c1-3-5-11-6-4-7-12(8-11)14(15)9-13(10-14)16-2/h4,6-8,13,15H,3,5,9-10H2,1-2H3. The third-order valence-corrected chi connectivity index (χ3v) is 3.47. The van der Waals surface area contributed by atoms with Crippen LogP contribution in [0, 0.1) is 0 Å². The van der Waals surface area contributed by atoms with Crippen LogP contribution in [0.5, 0.6) is 0 Å². The molecule has 2 rings (SSSR count). The summed E-state index contributed by atoms with van der Waals surface area (Å²) in [6, 6.07) is 8.32. The average molecular weight is 220 g/mol. The zero-order chi connectivity index (χ0) is 11.6. The maximum absolute atomic E-state index is 10.4. The van der Waals surface area contributed by atoms with Gasteiger partial charge in [0.2, 0.25) is 0 Å². The molecule has 0 spiro atoms. The third kappa shape index (κ3) is 2.13. The highest BCUT2D eigenvalue weighted by Gasteiger charge is 2.44. The summed E-state index contributed by atoms with van der Waals surface area (Å²) in [5.74, 6) is 0. The molecule has 0 radical (unpaired) electrons. The first-order valence-electron chi connectivity index (χ1n) is 6.02. The fourth-order valence-electron chi connectivity index (χ4n) is 2.40. The molecule has 1 aromatic carbocycles. The van der Waals surface area contributed by atoms with Crippen molar-refractivity contribution in [2.45, 2.75) is 44.3 Å². The van der Waals surface area contributed by atoms with Gasteiger partial charge in [0.15, 0.2) is 0 Å². The Hall–Kier alpha value is -0.860. The monoisotopic (exact) mass is 220 g/mol. The van der Waals surface area contributed by atoms with E-state index >= 15 is 0 Å². The maximum atomic E-state index is 10.4. The van der Waals surface area contributed by atoms with Crippen molar-refractivity contribution in [2.75, 3.05) is 7.11 Å². The number of ether oxygens (including phenoxy) is 1. The normalized spacial score (nSPS) is 28.8. The van der Waals surface area contributed by atoms with Gasteiger partial charge in [-0.05, 0) is 17.5 Å². The quantitative estimate of drug-likeness (QED) is 0.845. The van der Waals surface area contributed by atoms with E-state index in [0.717, 1.165) is 31.2 Å². The molecule has 0 unspecified atom stereocenters. The Balaban J connectivity index is 2.12. The molecule has 1 aliphatic rings. The fraction of sp³-hybridized carbons (Fsp3) is 0.571. The summed E-state index contributed by atoms with van der Waals surface area (Å²) in [5, 5.41) is 10.4. The molecule has 1 N–H and O–H groups in total. The highest BCUT2D eigenvalue weighted by molar-refractivity contribution is 5.30. The Morgan fingerprint density at radius 3 is 2.81 bits per heavy atom. The predicted octanol–water partition coefficient (Wildman–Crippen LogP) is 2.64. The second-order valence-corrected chi connectivity index (χ2v) is 4.75. The lowest BCUT2D eigenvalue weighted by Crippen LogP contribution is -2.45. The van der Waals surface area contributed by atoms with Gasteiger partial charge in [-0.3, -0.25) is 0 Å². The first-order valence-corrected chi connectivity index (χ1v) is 6.02. The minimum Gasteiger partial charge on any atom is -0.385 e. The number of hydrogen-bond acceptors (Lipinski definition) is 2. The van der Waals surface area contributed by atoms with Gasteiger partial charge >= 0.3 is 0 Å². The minimum atomic E-state index is -0.648. The molecule has 0 heterocycles. The van der Waals surface area contributed by atoms with Crippen molar-refractivity contribution in [3.63, 3.8) is 0 Å². The number of benzene rings is 1. The summed E-state index contributed by atoms with van der Waals surface area (Å²) in [7, 11) is 1.71. The van der Waals surface area contributed by atoms with Crippen LogP contribution >= 0.6 is 0 Å². The Bertz CT molecular complexity index is 354. The number of aliphatic hydroxyl groups is 1. The van der Waals surface area contributed by atoms with Gasteiger partial charge in [0.25, 0.3) is 0 Å². The molecule has 0 bridgehead atoms. The summed E-state index contributed by atoms with van der Waals surface area (Å²) in [4.78, 5) is 0. The van der Waals surface area contributed by atoms with Gasteiger partial charge in [0.05, 0.1) is 11.7 Å². The third-order valence-electron chi connectivity index (χ3n) is 3.47. The van der Waals surface area contributed by atoms with Crippen LogP contribution in [0.15, 0.2) is 24.3 Å². The van der Waals surface area contributed by atoms with Crippen LogP contribution in [0.4, 0.5) is 0 Å². The van der Waals surface area contributed by atoms with Crippen molar-refractivity contribution >= 4 is 0 Å². The summed E-state index contributed by atoms with van der Waals surface area (Å²) >= 11 is 0. The summed E-state index contributed by atoms with van der Waals surface area (Å²) < 4.78 is 5.22. The molecule has 1 saturated carbocycles. The lowest BCUT2D eigenvalue weighted by Gasteiger charge is -2.43. The Kier molecular flexibility index (Phi) is 3.31. The molecule has 0 atom stereocenters. The van der Waals surface area contributed by atoms with E-state index in [-0.39, 0.29) is 6.10 Å². The van der Waals surface area contributed by atoms with Crippen molar-refractivity contribution < 1.29 is 9.84 Å². The maximum Gasteiger partial charge on any atom is 0.0946 e. The molecular formula is C14H20O2. The van der Waals surface area contributed by atoms with Gasteiger partial charge in [-0.2, -0.15) is 0 Å². The van der Waals surface area contributed by atoms with Crippen LogP contribution in [0.25, 0.3) is 0 Å². The second kappa shape index (κ2) is 4.56. The van der Waals surface area contributed by atoms with Crippen LogP contribution < -0.4 is 0 Å². The summed E-state index contributed by atoms with van der Waals surface area (Å²) in [5.41, 5.74) is 1.71. The molecule has 16 heavy (non-hydrogen) atoms. The average Bonchev–Trinajstić information content (AvgIpc) is 2.25. The predicted molar refractivity (Wildman–Crippen MR) is 64.4 cm³/mol. The van der Waals surface area contributed by atoms with Crippen molar-refractivity contribution in [2.24, 2.45) is 0 Å². The Labute approximate surface area is 97.3 Å². The molecule has 0 aliphatic heterocycles. The van der Waals surface area contributed by atoms with E-state index in [9.17, 15) is 5.11 Å². The van der Waals surface area contributed by atoms with Gasteiger partial charge in [0, 0.05) is 20.0 Å². The fourth-order valence-corrected chi connectivity index (χ4v) is 2.40. The molecule has 1 fully saturated rings. The Morgan fingerprint density at radius 1 is 1.44 bits per heavy atom. The van der Waals surface area contributed by atoms with Gasteiger partial charge in [0.1, 0.15) is 0 Å². The van der Waals surface area contributed by atoms with E-state index in [4.69, 9.17) is 4.74 Å². The SMILES string of the molecule is CCCc1cccc(C2(O)CC(OC)C2)c1. The topological polar surface area (TPSA) is 29.5 Å². The lowest BCUT2D eigenvalue weighted by atomic mass is 9.72. The zero-order valence-electron chi connectivity index (χ0n) is 10.1. The zero-order valence-corrected chi connectivity index (χ0v) is 10.1. The second-order valence-electron chi connectivity index (χ2n) is 4.75. The molecule has 2 heteroatoms. The van der Waals surface area contributed by atoms with Crippen LogP contribution in [0.3, 0.4) is 0 Å². The van der Waals surface area contributed by atoms with E-state index in [1.165, 1.54) is 5.56 Å². The van der Waals surface area contributed by atoms with Crippen LogP contribution in [-0.2, 0) is 16.8 Å². The minimum absolute atomic E-state index is 0.222. The van der Waals surface area contributed by atoms with Crippen LogP contribution in [-0.4, -0.2) is 18.3 Å². The van der Waals surface area contributed by atoms with Gasteiger partial charge in [-0.1, -0.05) is 37.6 Å².